The first-order chi connectivity index (χ1) is 11.3. The molecular weight excluding hydrogens is 318 g/mol. The minimum Gasteiger partial charge on any atom is -0.392 e. The maximum absolute atomic E-state index is 9.04. The lowest BCUT2D eigenvalue weighted by molar-refractivity contribution is 0.282. The van der Waals surface area contributed by atoms with Gasteiger partial charge in [-0.05, 0) is 73.7 Å². The molecule has 126 valence electrons. The predicted molar refractivity (Wildman–Crippen MR) is 101 cm³/mol. The molecule has 1 heterocycles. The number of nitrogens with one attached hydrogen (secondary N) is 1. The number of aliphatic hydroxyl groups is 1. The number of aliphatic hydroxyl groups excluding tert-OH is 1. The van der Waals surface area contributed by atoms with Crippen LogP contribution in [0.2, 0.25) is 0 Å². The first-order valence-electron chi connectivity index (χ1n) is 8.35. The van der Waals surface area contributed by atoms with E-state index in [1.165, 1.54) is 24.8 Å². The fourth-order valence-corrected chi connectivity index (χ4v) is 2.98. The van der Waals surface area contributed by atoms with Crippen LogP contribution in [0.25, 0.3) is 0 Å². The summed E-state index contributed by atoms with van der Waals surface area (Å²) in [5.74, 6) is 7.20. The quantitative estimate of drug-likeness (QED) is 0.837. The molecule has 1 aliphatic rings. The molecular formula is C21H24ClNO. The van der Waals surface area contributed by atoms with Crippen molar-refractivity contribution in [2.24, 2.45) is 5.92 Å². The third kappa shape index (κ3) is 5.39. The summed E-state index contributed by atoms with van der Waals surface area (Å²) < 4.78 is 0. The molecule has 1 saturated heterocycles. The molecule has 24 heavy (non-hydrogen) atoms. The summed E-state index contributed by atoms with van der Waals surface area (Å²) in [6, 6.07) is 16.4. The zero-order valence-electron chi connectivity index (χ0n) is 13.8. The van der Waals surface area contributed by atoms with Gasteiger partial charge in [-0.3, -0.25) is 0 Å². The summed E-state index contributed by atoms with van der Waals surface area (Å²) in [6.07, 6.45) is 3.74. The van der Waals surface area contributed by atoms with E-state index in [0.717, 1.165) is 35.7 Å². The van der Waals surface area contributed by atoms with Gasteiger partial charge in [-0.2, -0.15) is 0 Å². The maximum atomic E-state index is 9.04. The normalized spacial score (nSPS) is 14.4. The van der Waals surface area contributed by atoms with Crippen LogP contribution >= 0.6 is 12.4 Å². The number of benzene rings is 2. The van der Waals surface area contributed by atoms with Crippen LogP contribution in [0.1, 0.15) is 35.1 Å². The summed E-state index contributed by atoms with van der Waals surface area (Å²) in [5, 5.41) is 12.5. The van der Waals surface area contributed by atoms with Crippen LogP contribution in [0.15, 0.2) is 48.5 Å². The molecule has 0 aliphatic carbocycles. The van der Waals surface area contributed by atoms with E-state index in [2.05, 4.69) is 41.4 Å². The van der Waals surface area contributed by atoms with Gasteiger partial charge in [-0.1, -0.05) is 36.1 Å². The van der Waals surface area contributed by atoms with E-state index < -0.39 is 0 Å². The van der Waals surface area contributed by atoms with E-state index in [-0.39, 0.29) is 19.0 Å². The SMILES string of the molecule is Cl.OCc1ccc(C#Cc2ccc(CC3CCNCC3)cc2)cc1. The van der Waals surface area contributed by atoms with Crippen molar-refractivity contribution in [1.29, 1.82) is 0 Å². The minimum atomic E-state index is 0. The number of hydrogen-bond acceptors (Lipinski definition) is 2. The standard InChI is InChI=1S/C21H23NO.ClH/c23-16-21-9-5-18(6-10-21)2-1-17-3-7-19(8-4-17)15-20-11-13-22-14-12-20;/h3-10,20,22-23H,11-16H2;1H. The highest BCUT2D eigenvalue weighted by Crippen LogP contribution is 2.18. The Morgan fingerprint density at radius 2 is 1.33 bits per heavy atom. The fraction of sp³-hybridized carbons (Fsp3) is 0.333. The smallest absolute Gasteiger partial charge is 0.0681 e. The zero-order chi connectivity index (χ0) is 15.9. The second-order valence-electron chi connectivity index (χ2n) is 6.20. The summed E-state index contributed by atoms with van der Waals surface area (Å²) in [5.41, 5.74) is 4.35. The third-order valence-corrected chi connectivity index (χ3v) is 4.42. The largest absolute Gasteiger partial charge is 0.392 e. The number of rotatable bonds is 3. The van der Waals surface area contributed by atoms with Crippen LogP contribution < -0.4 is 5.32 Å². The van der Waals surface area contributed by atoms with Gasteiger partial charge in [0.1, 0.15) is 0 Å². The van der Waals surface area contributed by atoms with E-state index in [1.54, 1.807) is 0 Å². The van der Waals surface area contributed by atoms with Crippen LogP contribution in [0, 0.1) is 17.8 Å². The summed E-state index contributed by atoms with van der Waals surface area (Å²) >= 11 is 0. The molecule has 2 aromatic carbocycles. The molecule has 0 aromatic heterocycles. The van der Waals surface area contributed by atoms with Crippen molar-refractivity contribution < 1.29 is 5.11 Å². The van der Waals surface area contributed by atoms with E-state index in [0.29, 0.717) is 0 Å². The summed E-state index contributed by atoms with van der Waals surface area (Å²) in [6.45, 7) is 2.39. The molecule has 3 rings (SSSR count). The van der Waals surface area contributed by atoms with Crippen LogP contribution in [0.4, 0.5) is 0 Å². The van der Waals surface area contributed by atoms with E-state index in [1.807, 2.05) is 24.3 Å². The maximum Gasteiger partial charge on any atom is 0.0681 e. The van der Waals surface area contributed by atoms with Crippen molar-refractivity contribution in [3.05, 3.63) is 70.8 Å². The average Bonchev–Trinajstić information content (AvgIpc) is 2.62. The topological polar surface area (TPSA) is 32.3 Å². The lowest BCUT2D eigenvalue weighted by atomic mass is 9.91. The van der Waals surface area contributed by atoms with E-state index >= 15 is 0 Å². The van der Waals surface area contributed by atoms with Crippen molar-refractivity contribution in [2.45, 2.75) is 25.9 Å². The molecule has 1 aliphatic heterocycles. The van der Waals surface area contributed by atoms with Gasteiger partial charge in [0.2, 0.25) is 0 Å². The van der Waals surface area contributed by atoms with Gasteiger partial charge in [0.25, 0.3) is 0 Å². The molecule has 3 heteroatoms. The Morgan fingerprint density at radius 1 is 0.833 bits per heavy atom. The average molecular weight is 342 g/mol. The highest BCUT2D eigenvalue weighted by Gasteiger charge is 2.13. The van der Waals surface area contributed by atoms with Crippen molar-refractivity contribution in [1.82, 2.24) is 5.32 Å². The third-order valence-electron chi connectivity index (χ3n) is 4.42. The van der Waals surface area contributed by atoms with Crippen LogP contribution in [0.5, 0.6) is 0 Å². The molecule has 2 nitrogen and oxygen atoms in total. The Labute approximate surface area is 150 Å². The van der Waals surface area contributed by atoms with Crippen molar-refractivity contribution in [3.8, 4) is 11.8 Å². The Balaban J connectivity index is 0.00000208. The van der Waals surface area contributed by atoms with Gasteiger partial charge in [0.05, 0.1) is 6.61 Å². The minimum absolute atomic E-state index is 0. The van der Waals surface area contributed by atoms with E-state index in [9.17, 15) is 0 Å². The van der Waals surface area contributed by atoms with Crippen molar-refractivity contribution in [2.75, 3.05) is 13.1 Å². The molecule has 0 spiro atoms. The molecule has 0 bridgehead atoms. The number of hydrogen-bond donors (Lipinski definition) is 2. The molecule has 2 aromatic rings. The number of piperidine rings is 1. The summed E-state index contributed by atoms with van der Waals surface area (Å²) in [4.78, 5) is 0. The van der Waals surface area contributed by atoms with Crippen LogP contribution in [-0.4, -0.2) is 18.2 Å². The number of halogens is 1. The van der Waals surface area contributed by atoms with Gasteiger partial charge in [0, 0.05) is 11.1 Å². The first kappa shape index (κ1) is 18.5. The Bertz CT molecular complexity index is 677. The monoisotopic (exact) mass is 341 g/mol. The lowest BCUT2D eigenvalue weighted by Crippen LogP contribution is -2.28. The van der Waals surface area contributed by atoms with Gasteiger partial charge >= 0.3 is 0 Å². The molecule has 0 radical (unpaired) electrons. The van der Waals surface area contributed by atoms with Gasteiger partial charge in [-0.15, -0.1) is 12.4 Å². The molecule has 0 amide bonds. The van der Waals surface area contributed by atoms with Gasteiger partial charge < -0.3 is 10.4 Å². The molecule has 2 N–H and O–H groups in total. The Hall–Kier alpha value is -1.79. The second-order valence-corrected chi connectivity index (χ2v) is 6.20. The predicted octanol–water partition coefficient (Wildman–Crippen LogP) is 3.54. The van der Waals surface area contributed by atoms with Crippen molar-refractivity contribution >= 4 is 12.4 Å². The van der Waals surface area contributed by atoms with Gasteiger partial charge in [-0.25, -0.2) is 0 Å². The lowest BCUT2D eigenvalue weighted by Gasteiger charge is -2.22. The molecule has 1 fully saturated rings. The fourth-order valence-electron chi connectivity index (χ4n) is 2.98. The van der Waals surface area contributed by atoms with Crippen LogP contribution in [0.3, 0.4) is 0 Å². The highest BCUT2D eigenvalue weighted by molar-refractivity contribution is 5.85. The second kappa shape index (κ2) is 9.49. The van der Waals surface area contributed by atoms with E-state index in [4.69, 9.17) is 5.11 Å². The van der Waals surface area contributed by atoms with Crippen LogP contribution in [-0.2, 0) is 13.0 Å². The highest BCUT2D eigenvalue weighted by atomic mass is 35.5. The Kier molecular flexibility index (Phi) is 7.34. The molecule has 0 unspecified atom stereocenters. The Morgan fingerprint density at radius 3 is 1.83 bits per heavy atom. The van der Waals surface area contributed by atoms with Crippen molar-refractivity contribution in [3.63, 3.8) is 0 Å². The van der Waals surface area contributed by atoms with Gasteiger partial charge in [0.15, 0.2) is 0 Å². The first-order valence-corrected chi connectivity index (χ1v) is 8.35. The summed E-state index contributed by atoms with van der Waals surface area (Å²) in [7, 11) is 0. The molecule has 0 atom stereocenters. The molecule has 0 saturated carbocycles. The zero-order valence-corrected chi connectivity index (χ0v) is 14.6.